The van der Waals surface area contributed by atoms with Crippen molar-refractivity contribution in [2.75, 3.05) is 10.6 Å². The summed E-state index contributed by atoms with van der Waals surface area (Å²) in [5, 5.41) is 6.12. The van der Waals surface area contributed by atoms with E-state index in [1.54, 1.807) is 0 Å². The molecule has 0 saturated heterocycles. The van der Waals surface area contributed by atoms with Gasteiger partial charge in [0.2, 0.25) is 5.91 Å². The van der Waals surface area contributed by atoms with E-state index in [-0.39, 0.29) is 35.8 Å². The second-order valence-corrected chi connectivity index (χ2v) is 7.02. The number of nitrogens with two attached hydrogens (primary N) is 1. The van der Waals surface area contributed by atoms with Gasteiger partial charge in [-0.1, -0.05) is 24.6 Å². The summed E-state index contributed by atoms with van der Waals surface area (Å²) in [5.41, 5.74) is 11.1. The summed E-state index contributed by atoms with van der Waals surface area (Å²) in [4.78, 5) is 16.5. The summed E-state index contributed by atoms with van der Waals surface area (Å²) in [6.07, 6.45) is 3.15. The summed E-state index contributed by atoms with van der Waals surface area (Å²) in [6, 6.07) is 13.9. The Hall–Kier alpha value is -2.09. The maximum absolute atomic E-state index is 12.1. The zero-order chi connectivity index (χ0) is 18.5. The molecule has 0 aliphatic heterocycles. The molecule has 0 atom stereocenters. The summed E-state index contributed by atoms with van der Waals surface area (Å²) in [5.74, 6) is 0.668. The third kappa shape index (κ3) is 6.23. The highest BCUT2D eigenvalue weighted by molar-refractivity contribution is 14.0. The normalized spacial score (nSPS) is 14.1. The van der Waals surface area contributed by atoms with Crippen molar-refractivity contribution in [3.05, 3.63) is 59.2 Å². The van der Waals surface area contributed by atoms with Gasteiger partial charge >= 0.3 is 0 Å². The first-order chi connectivity index (χ1) is 12.5. The van der Waals surface area contributed by atoms with Crippen LogP contribution in [0.4, 0.5) is 11.4 Å². The predicted octanol–water partition coefficient (Wildman–Crippen LogP) is 4.59. The second kappa shape index (κ2) is 9.73. The topological polar surface area (TPSA) is 79.5 Å². The van der Waals surface area contributed by atoms with Crippen LogP contribution in [0.1, 0.15) is 36.0 Å². The zero-order valence-corrected chi connectivity index (χ0v) is 18.1. The number of guanidine groups is 1. The maximum Gasteiger partial charge on any atom is 0.227 e. The summed E-state index contributed by atoms with van der Waals surface area (Å²) >= 11 is 0. The fourth-order valence-electron chi connectivity index (χ4n) is 3.07. The van der Waals surface area contributed by atoms with Crippen LogP contribution in [0.5, 0.6) is 0 Å². The Labute approximate surface area is 177 Å². The highest BCUT2D eigenvalue weighted by Gasteiger charge is 2.25. The first kappa shape index (κ1) is 21.2. The quantitative estimate of drug-likeness (QED) is 0.334. The van der Waals surface area contributed by atoms with Gasteiger partial charge in [0.15, 0.2) is 5.96 Å². The molecule has 6 heteroatoms. The van der Waals surface area contributed by atoms with Gasteiger partial charge in [-0.15, -0.1) is 24.0 Å². The molecular formula is C21H27IN4O. The van der Waals surface area contributed by atoms with Crippen molar-refractivity contribution in [2.24, 2.45) is 16.6 Å². The number of hydrogen-bond acceptors (Lipinski definition) is 2. The van der Waals surface area contributed by atoms with Crippen LogP contribution in [-0.2, 0) is 11.3 Å². The summed E-state index contributed by atoms with van der Waals surface area (Å²) in [7, 11) is 0. The average Bonchev–Trinajstić information content (AvgIpc) is 2.50. The molecule has 1 saturated carbocycles. The molecule has 1 aliphatic rings. The number of benzene rings is 2. The Morgan fingerprint density at radius 2 is 1.78 bits per heavy atom. The number of nitrogens with zero attached hydrogens (tertiary/aromatic N) is 1. The largest absolute Gasteiger partial charge is 0.370 e. The van der Waals surface area contributed by atoms with Gasteiger partial charge in [0.05, 0.1) is 6.54 Å². The lowest BCUT2D eigenvalue weighted by Crippen LogP contribution is -2.28. The first-order valence-electron chi connectivity index (χ1n) is 9.04. The van der Waals surface area contributed by atoms with Crippen LogP contribution in [-0.4, -0.2) is 11.9 Å². The van der Waals surface area contributed by atoms with E-state index >= 15 is 0 Å². The Bertz CT molecular complexity index is 810. The van der Waals surface area contributed by atoms with E-state index in [1.165, 1.54) is 11.1 Å². The van der Waals surface area contributed by atoms with Crippen LogP contribution in [0.25, 0.3) is 0 Å². The van der Waals surface area contributed by atoms with E-state index < -0.39 is 0 Å². The molecule has 144 valence electrons. The number of hydrogen-bond donors (Lipinski definition) is 3. The highest BCUT2D eigenvalue weighted by atomic mass is 127. The van der Waals surface area contributed by atoms with Crippen molar-refractivity contribution in [3.63, 3.8) is 0 Å². The van der Waals surface area contributed by atoms with Gasteiger partial charge in [0.1, 0.15) is 0 Å². The lowest BCUT2D eigenvalue weighted by Gasteiger charge is -2.24. The first-order valence-corrected chi connectivity index (χ1v) is 9.04. The van der Waals surface area contributed by atoms with E-state index in [4.69, 9.17) is 5.73 Å². The number of amides is 1. The Morgan fingerprint density at radius 3 is 2.41 bits per heavy atom. The molecule has 4 N–H and O–H groups in total. The molecule has 0 bridgehead atoms. The minimum atomic E-state index is 0. The van der Waals surface area contributed by atoms with E-state index in [0.29, 0.717) is 12.5 Å². The monoisotopic (exact) mass is 478 g/mol. The number of carbonyl (C=O) groups excluding carboxylic acids is 1. The number of halogens is 1. The molecule has 1 amide bonds. The van der Waals surface area contributed by atoms with Crippen molar-refractivity contribution in [1.29, 1.82) is 0 Å². The van der Waals surface area contributed by atoms with Gasteiger partial charge in [-0.25, -0.2) is 4.99 Å². The van der Waals surface area contributed by atoms with Crippen molar-refractivity contribution in [1.82, 2.24) is 0 Å². The van der Waals surface area contributed by atoms with E-state index in [1.807, 2.05) is 36.4 Å². The minimum Gasteiger partial charge on any atom is -0.370 e. The molecule has 0 unspecified atom stereocenters. The molecule has 3 rings (SSSR count). The average molecular weight is 478 g/mol. The maximum atomic E-state index is 12.1. The molecule has 27 heavy (non-hydrogen) atoms. The number of aliphatic imine (C=N–C) groups is 1. The molecule has 0 spiro atoms. The van der Waals surface area contributed by atoms with E-state index in [2.05, 4.69) is 35.5 Å². The third-order valence-corrected chi connectivity index (χ3v) is 4.60. The Morgan fingerprint density at radius 1 is 1.07 bits per heavy atom. The number of nitrogens with one attached hydrogen (secondary N) is 2. The van der Waals surface area contributed by atoms with Crippen LogP contribution in [0, 0.1) is 19.8 Å². The molecule has 5 nitrogen and oxygen atoms in total. The lowest BCUT2D eigenvalue weighted by molar-refractivity contribution is -0.122. The standard InChI is InChI=1S/C21H26N4O.HI/c1-14-9-15(2)11-19(10-14)25-21(22)23-13-16-5-3-8-18(12-16)24-20(26)17-6-4-7-17;/h3,5,8-12,17H,4,6-7,13H2,1-2H3,(H,24,26)(H3,22,23,25);1H. The molecule has 0 radical (unpaired) electrons. The van der Waals surface area contributed by atoms with E-state index in [9.17, 15) is 4.79 Å². The van der Waals surface area contributed by atoms with Crippen molar-refractivity contribution >= 4 is 47.2 Å². The van der Waals surface area contributed by atoms with Crippen LogP contribution in [0.3, 0.4) is 0 Å². The Kier molecular flexibility index (Phi) is 7.65. The van der Waals surface area contributed by atoms with Crippen molar-refractivity contribution in [3.8, 4) is 0 Å². The number of anilines is 2. The van der Waals surface area contributed by atoms with Gasteiger partial charge in [-0.05, 0) is 67.6 Å². The van der Waals surface area contributed by atoms with Gasteiger partial charge in [-0.3, -0.25) is 4.79 Å². The fourth-order valence-corrected chi connectivity index (χ4v) is 3.07. The second-order valence-electron chi connectivity index (χ2n) is 7.02. The molecule has 1 fully saturated rings. The summed E-state index contributed by atoms with van der Waals surface area (Å²) < 4.78 is 0. The summed E-state index contributed by atoms with van der Waals surface area (Å²) in [6.45, 7) is 4.56. The highest BCUT2D eigenvalue weighted by Crippen LogP contribution is 2.27. The van der Waals surface area contributed by atoms with Crippen LogP contribution < -0.4 is 16.4 Å². The van der Waals surface area contributed by atoms with Gasteiger partial charge in [0, 0.05) is 17.3 Å². The zero-order valence-electron chi connectivity index (χ0n) is 15.8. The van der Waals surface area contributed by atoms with Crippen LogP contribution in [0.15, 0.2) is 47.5 Å². The SMILES string of the molecule is Cc1cc(C)cc(NC(N)=NCc2cccc(NC(=O)C3CCC3)c2)c1.I. The van der Waals surface area contributed by atoms with Gasteiger partial charge in [-0.2, -0.15) is 0 Å². The molecule has 1 aliphatic carbocycles. The molecule has 0 heterocycles. The number of carbonyl (C=O) groups is 1. The van der Waals surface area contributed by atoms with E-state index in [0.717, 1.165) is 36.2 Å². The smallest absolute Gasteiger partial charge is 0.227 e. The number of aryl methyl sites for hydroxylation is 2. The van der Waals surface area contributed by atoms with Crippen molar-refractivity contribution in [2.45, 2.75) is 39.7 Å². The molecular weight excluding hydrogens is 451 g/mol. The van der Waals surface area contributed by atoms with Crippen LogP contribution >= 0.6 is 24.0 Å². The predicted molar refractivity (Wildman–Crippen MR) is 123 cm³/mol. The van der Waals surface area contributed by atoms with Gasteiger partial charge < -0.3 is 16.4 Å². The fraction of sp³-hybridized carbons (Fsp3) is 0.333. The molecule has 0 aromatic heterocycles. The van der Waals surface area contributed by atoms with Crippen LogP contribution in [0.2, 0.25) is 0 Å². The minimum absolute atomic E-state index is 0. The number of rotatable bonds is 5. The Balaban J connectivity index is 0.00000261. The van der Waals surface area contributed by atoms with Crippen molar-refractivity contribution < 1.29 is 4.79 Å². The molecule has 2 aromatic carbocycles. The lowest BCUT2D eigenvalue weighted by atomic mass is 9.85. The van der Waals surface area contributed by atoms with Gasteiger partial charge in [0.25, 0.3) is 0 Å². The third-order valence-electron chi connectivity index (χ3n) is 4.60. The molecule has 2 aromatic rings.